The van der Waals surface area contributed by atoms with E-state index in [0.29, 0.717) is 17.9 Å². The van der Waals surface area contributed by atoms with E-state index in [-0.39, 0.29) is 0 Å². The number of hydrogen-bond donors (Lipinski definition) is 1. The van der Waals surface area contributed by atoms with Crippen molar-refractivity contribution in [2.45, 2.75) is 25.3 Å². The van der Waals surface area contributed by atoms with Crippen LogP contribution in [-0.2, 0) is 0 Å². The van der Waals surface area contributed by atoms with Crippen LogP contribution in [0.2, 0.25) is 0 Å². The highest BCUT2D eigenvalue weighted by Gasteiger charge is 2.39. The van der Waals surface area contributed by atoms with Gasteiger partial charge < -0.3 is 10.6 Å². The first-order valence-electron chi connectivity index (χ1n) is 6.98. The summed E-state index contributed by atoms with van der Waals surface area (Å²) in [6, 6.07) is 0.348. The van der Waals surface area contributed by atoms with Crippen molar-refractivity contribution in [3.8, 4) is 0 Å². The van der Waals surface area contributed by atoms with E-state index in [4.69, 9.17) is 5.73 Å². The van der Waals surface area contributed by atoms with Crippen LogP contribution in [0.25, 0.3) is 5.65 Å². The Morgan fingerprint density at radius 3 is 3.11 bits per heavy atom. The Balaban J connectivity index is 1.68. The molecule has 3 unspecified atom stereocenters. The zero-order valence-electron chi connectivity index (χ0n) is 10.8. The van der Waals surface area contributed by atoms with Crippen molar-refractivity contribution in [2.75, 3.05) is 18.0 Å². The van der Waals surface area contributed by atoms with Crippen molar-refractivity contribution in [1.29, 1.82) is 0 Å². The molecule has 3 heterocycles. The van der Waals surface area contributed by atoms with Crippen LogP contribution in [0.1, 0.15) is 19.3 Å². The molecule has 0 amide bonds. The number of anilines is 1. The van der Waals surface area contributed by atoms with Crippen molar-refractivity contribution in [2.24, 2.45) is 17.6 Å². The molecule has 3 atom stereocenters. The van der Waals surface area contributed by atoms with Gasteiger partial charge in [-0.25, -0.2) is 4.98 Å². The van der Waals surface area contributed by atoms with Crippen LogP contribution in [0, 0.1) is 11.8 Å². The van der Waals surface area contributed by atoms with Gasteiger partial charge in [0.2, 0.25) is 5.65 Å². The Kier molecular flexibility index (Phi) is 2.44. The van der Waals surface area contributed by atoms with Gasteiger partial charge in [0.1, 0.15) is 6.33 Å². The number of aromatic nitrogens is 4. The van der Waals surface area contributed by atoms with Gasteiger partial charge in [0.05, 0.1) is 0 Å². The topological polar surface area (TPSA) is 72.3 Å². The van der Waals surface area contributed by atoms with Crippen LogP contribution in [0.3, 0.4) is 0 Å². The summed E-state index contributed by atoms with van der Waals surface area (Å²) in [6.07, 6.45) is 9.14. The summed E-state index contributed by atoms with van der Waals surface area (Å²) in [5.41, 5.74) is 7.11. The summed E-state index contributed by atoms with van der Waals surface area (Å²) in [6.45, 7) is 2.06. The van der Waals surface area contributed by atoms with Crippen LogP contribution in [-0.4, -0.2) is 38.7 Å². The largest absolute Gasteiger partial charge is 0.353 e. The molecule has 2 fully saturated rings. The Labute approximate surface area is 111 Å². The number of nitrogens with zero attached hydrogens (tertiary/aromatic N) is 5. The molecule has 6 nitrogen and oxygen atoms in total. The summed E-state index contributed by atoms with van der Waals surface area (Å²) in [7, 11) is 0. The number of nitrogens with two attached hydrogens (primary N) is 1. The van der Waals surface area contributed by atoms with Crippen LogP contribution >= 0.6 is 0 Å². The standard InChI is InChI=1S/C13H18N6/c14-11-3-1-2-9-6-19(7-10(9)11)12-13-17-16-8-18(13)5-4-15-12/h4-5,8-11H,1-3,6-7,14H2. The molecule has 0 radical (unpaired) electrons. The number of fused-ring (bicyclic) bond motifs is 2. The van der Waals surface area contributed by atoms with E-state index in [0.717, 1.165) is 31.0 Å². The van der Waals surface area contributed by atoms with E-state index in [1.807, 2.05) is 16.8 Å². The molecule has 0 spiro atoms. The first-order valence-corrected chi connectivity index (χ1v) is 6.98. The van der Waals surface area contributed by atoms with Crippen molar-refractivity contribution >= 4 is 11.5 Å². The molecule has 2 aliphatic rings. The molecular formula is C13H18N6. The number of rotatable bonds is 1. The monoisotopic (exact) mass is 258 g/mol. The summed E-state index contributed by atoms with van der Waals surface area (Å²) >= 11 is 0. The lowest BCUT2D eigenvalue weighted by molar-refractivity contribution is 0.260. The highest BCUT2D eigenvalue weighted by molar-refractivity contribution is 5.63. The molecule has 19 heavy (non-hydrogen) atoms. The van der Waals surface area contributed by atoms with Gasteiger partial charge in [-0.1, -0.05) is 6.42 Å². The Morgan fingerprint density at radius 1 is 1.26 bits per heavy atom. The van der Waals surface area contributed by atoms with E-state index in [1.54, 1.807) is 6.33 Å². The van der Waals surface area contributed by atoms with E-state index >= 15 is 0 Å². The quantitative estimate of drug-likeness (QED) is 0.814. The Hall–Kier alpha value is -1.69. The van der Waals surface area contributed by atoms with Gasteiger partial charge in [-0.05, 0) is 24.7 Å². The molecule has 1 saturated heterocycles. The average molecular weight is 258 g/mol. The number of hydrogen-bond acceptors (Lipinski definition) is 5. The van der Waals surface area contributed by atoms with Crippen LogP contribution < -0.4 is 10.6 Å². The Bertz CT molecular complexity index is 594. The molecule has 0 bridgehead atoms. The SMILES string of the molecule is NC1CCCC2CN(c3nccn4cnnc34)CC12. The fourth-order valence-corrected chi connectivity index (χ4v) is 3.66. The second-order valence-corrected chi connectivity index (χ2v) is 5.74. The molecule has 4 rings (SSSR count). The predicted molar refractivity (Wildman–Crippen MR) is 71.8 cm³/mol. The maximum atomic E-state index is 6.27. The van der Waals surface area contributed by atoms with E-state index in [1.165, 1.54) is 12.8 Å². The van der Waals surface area contributed by atoms with Crippen molar-refractivity contribution in [3.63, 3.8) is 0 Å². The molecule has 100 valence electrons. The minimum atomic E-state index is 0.348. The molecule has 0 aromatic carbocycles. The average Bonchev–Trinajstić information content (AvgIpc) is 3.05. The lowest BCUT2D eigenvalue weighted by atomic mass is 9.78. The molecule has 1 aliphatic heterocycles. The third-order valence-electron chi connectivity index (χ3n) is 4.65. The van der Waals surface area contributed by atoms with Gasteiger partial charge in [-0.2, -0.15) is 0 Å². The summed E-state index contributed by atoms with van der Waals surface area (Å²) in [5, 5.41) is 8.14. The van der Waals surface area contributed by atoms with Gasteiger partial charge in [-0.3, -0.25) is 4.40 Å². The molecular weight excluding hydrogens is 240 g/mol. The molecule has 1 aliphatic carbocycles. The lowest BCUT2D eigenvalue weighted by Crippen LogP contribution is -2.38. The highest BCUT2D eigenvalue weighted by Crippen LogP contribution is 2.37. The van der Waals surface area contributed by atoms with Crippen molar-refractivity contribution < 1.29 is 0 Å². The summed E-state index contributed by atoms with van der Waals surface area (Å²) in [4.78, 5) is 6.84. The minimum absolute atomic E-state index is 0.348. The first-order chi connectivity index (χ1) is 9.33. The zero-order valence-corrected chi connectivity index (χ0v) is 10.8. The highest BCUT2D eigenvalue weighted by atomic mass is 15.3. The van der Waals surface area contributed by atoms with E-state index in [9.17, 15) is 0 Å². The fraction of sp³-hybridized carbons (Fsp3) is 0.615. The van der Waals surface area contributed by atoms with E-state index < -0.39 is 0 Å². The molecule has 2 aromatic heterocycles. The van der Waals surface area contributed by atoms with Gasteiger partial charge >= 0.3 is 0 Å². The molecule has 2 aromatic rings. The third kappa shape index (κ3) is 1.70. The second-order valence-electron chi connectivity index (χ2n) is 5.74. The van der Waals surface area contributed by atoms with Gasteiger partial charge in [0, 0.05) is 31.5 Å². The summed E-state index contributed by atoms with van der Waals surface area (Å²) in [5.74, 6) is 2.27. The van der Waals surface area contributed by atoms with Crippen molar-refractivity contribution in [1.82, 2.24) is 19.6 Å². The second kappa shape index (κ2) is 4.16. The smallest absolute Gasteiger partial charge is 0.203 e. The zero-order chi connectivity index (χ0) is 12.8. The maximum absolute atomic E-state index is 6.27. The lowest BCUT2D eigenvalue weighted by Gasteiger charge is -2.29. The minimum Gasteiger partial charge on any atom is -0.353 e. The third-order valence-corrected chi connectivity index (χ3v) is 4.65. The van der Waals surface area contributed by atoms with Crippen molar-refractivity contribution in [3.05, 3.63) is 18.7 Å². The predicted octanol–water partition coefficient (Wildman–Crippen LogP) is 0.688. The van der Waals surface area contributed by atoms with Crippen LogP contribution in [0.15, 0.2) is 18.7 Å². The molecule has 6 heteroatoms. The van der Waals surface area contributed by atoms with Gasteiger partial charge in [0.25, 0.3) is 0 Å². The van der Waals surface area contributed by atoms with Gasteiger partial charge in [0.15, 0.2) is 5.82 Å². The van der Waals surface area contributed by atoms with Crippen LogP contribution in [0.4, 0.5) is 5.82 Å². The van der Waals surface area contributed by atoms with Gasteiger partial charge in [-0.15, -0.1) is 10.2 Å². The molecule has 1 saturated carbocycles. The van der Waals surface area contributed by atoms with Crippen LogP contribution in [0.5, 0.6) is 0 Å². The normalized spacial score (nSPS) is 30.8. The fourth-order valence-electron chi connectivity index (χ4n) is 3.66. The first kappa shape index (κ1) is 11.2. The molecule has 2 N–H and O–H groups in total. The summed E-state index contributed by atoms with van der Waals surface area (Å²) < 4.78 is 1.92. The van der Waals surface area contributed by atoms with E-state index in [2.05, 4.69) is 20.1 Å². The Morgan fingerprint density at radius 2 is 2.21 bits per heavy atom. The maximum Gasteiger partial charge on any atom is 0.203 e.